The molecule has 0 aromatic rings. The molecule has 124 valence electrons. The van der Waals surface area contributed by atoms with Crippen molar-refractivity contribution in [1.82, 2.24) is 10.6 Å². The van der Waals surface area contributed by atoms with Gasteiger partial charge in [0.2, 0.25) is 0 Å². The average Bonchev–Trinajstić information content (AvgIpc) is 2.42. The minimum Gasteiger partial charge on any atom is -0.467 e. The van der Waals surface area contributed by atoms with Crippen molar-refractivity contribution in [3.63, 3.8) is 0 Å². The fraction of sp³-hybridized carbons (Fsp3) is 0.875. The molecule has 2 amide bonds. The maximum Gasteiger partial charge on any atom is 0.328 e. The van der Waals surface area contributed by atoms with E-state index in [-0.39, 0.29) is 18.0 Å². The third-order valence-corrected chi connectivity index (χ3v) is 3.75. The van der Waals surface area contributed by atoms with Crippen LogP contribution in [-0.4, -0.2) is 31.2 Å². The average molecular weight is 300 g/mol. The largest absolute Gasteiger partial charge is 0.467 e. The van der Waals surface area contributed by atoms with Crippen LogP contribution in [0.1, 0.15) is 60.3 Å². The number of nitrogens with one attached hydrogen (secondary N) is 2. The molecular weight excluding hydrogens is 268 g/mol. The Kier molecular flexibility index (Phi) is 9.84. The number of amides is 2. The first-order valence-corrected chi connectivity index (χ1v) is 7.96. The predicted molar refractivity (Wildman–Crippen MR) is 85.1 cm³/mol. The molecule has 0 heterocycles. The van der Waals surface area contributed by atoms with Gasteiger partial charge in [0.25, 0.3) is 0 Å². The Morgan fingerprint density at radius 3 is 2.14 bits per heavy atom. The summed E-state index contributed by atoms with van der Waals surface area (Å²) in [6.45, 7) is 10.3. The molecule has 0 radical (unpaired) electrons. The Bertz CT molecular complexity index is 319. The van der Waals surface area contributed by atoms with Crippen LogP contribution in [0.5, 0.6) is 0 Å². The lowest BCUT2D eigenvalue weighted by atomic mass is 9.99. The second kappa shape index (κ2) is 10.5. The van der Waals surface area contributed by atoms with Crippen molar-refractivity contribution in [3.8, 4) is 0 Å². The lowest BCUT2D eigenvalue weighted by Gasteiger charge is -2.23. The number of hydrogen-bond donors (Lipinski definition) is 2. The number of hydrogen-bond acceptors (Lipinski definition) is 3. The molecule has 0 fully saturated rings. The smallest absolute Gasteiger partial charge is 0.328 e. The van der Waals surface area contributed by atoms with E-state index >= 15 is 0 Å². The third-order valence-electron chi connectivity index (χ3n) is 3.75. The second-order valence-corrected chi connectivity index (χ2v) is 6.23. The highest BCUT2D eigenvalue weighted by Crippen LogP contribution is 2.10. The van der Waals surface area contributed by atoms with Crippen molar-refractivity contribution in [1.29, 1.82) is 0 Å². The number of urea groups is 1. The summed E-state index contributed by atoms with van der Waals surface area (Å²) in [5.74, 6) is 0.326. The second-order valence-electron chi connectivity index (χ2n) is 6.23. The fourth-order valence-corrected chi connectivity index (χ4v) is 2.11. The first-order chi connectivity index (χ1) is 9.81. The van der Waals surface area contributed by atoms with E-state index < -0.39 is 12.0 Å². The van der Waals surface area contributed by atoms with Crippen molar-refractivity contribution in [2.24, 2.45) is 11.8 Å². The Morgan fingerprint density at radius 1 is 1.05 bits per heavy atom. The van der Waals surface area contributed by atoms with Gasteiger partial charge >= 0.3 is 12.0 Å². The molecule has 0 spiro atoms. The predicted octanol–water partition coefficient (Wildman–Crippen LogP) is 3.09. The Hall–Kier alpha value is -1.26. The summed E-state index contributed by atoms with van der Waals surface area (Å²) in [7, 11) is 1.34. The summed E-state index contributed by atoms with van der Waals surface area (Å²) in [6, 6.07) is -0.801. The standard InChI is InChI=1S/C16H32N2O3/c1-7-12(4)14(15(19)21-6)18-16(20)17-13(5)10-8-9-11(2)3/h11-14H,7-10H2,1-6H3,(H2,17,18,20)/t12?,13?,14-/m0/s1. The molecule has 0 aromatic heterocycles. The molecule has 2 N–H and O–H groups in total. The number of rotatable bonds is 9. The van der Waals surface area contributed by atoms with Crippen LogP contribution < -0.4 is 10.6 Å². The maximum absolute atomic E-state index is 12.0. The van der Waals surface area contributed by atoms with Crippen LogP contribution in [-0.2, 0) is 9.53 Å². The van der Waals surface area contributed by atoms with Crippen LogP contribution in [0.2, 0.25) is 0 Å². The summed E-state index contributed by atoms with van der Waals surface area (Å²) >= 11 is 0. The number of esters is 1. The molecule has 0 saturated heterocycles. The first kappa shape index (κ1) is 19.7. The zero-order valence-electron chi connectivity index (χ0n) is 14.4. The van der Waals surface area contributed by atoms with Crippen LogP contribution in [0.4, 0.5) is 4.79 Å². The van der Waals surface area contributed by atoms with Gasteiger partial charge in [-0.2, -0.15) is 0 Å². The van der Waals surface area contributed by atoms with E-state index in [1.165, 1.54) is 7.11 Å². The highest BCUT2D eigenvalue weighted by Gasteiger charge is 2.26. The normalized spacial score (nSPS) is 15.2. The van der Waals surface area contributed by atoms with Gasteiger partial charge in [-0.1, -0.05) is 47.0 Å². The van der Waals surface area contributed by atoms with Gasteiger partial charge < -0.3 is 15.4 Å². The molecule has 0 saturated carbocycles. The first-order valence-electron chi connectivity index (χ1n) is 7.96. The SMILES string of the molecule is CCC(C)[C@H](NC(=O)NC(C)CCCC(C)C)C(=O)OC. The van der Waals surface area contributed by atoms with Gasteiger partial charge in [-0.3, -0.25) is 0 Å². The summed E-state index contributed by atoms with van der Waals surface area (Å²) in [4.78, 5) is 23.7. The van der Waals surface area contributed by atoms with Crippen molar-refractivity contribution < 1.29 is 14.3 Å². The van der Waals surface area contributed by atoms with E-state index in [1.807, 2.05) is 20.8 Å². The molecule has 0 rings (SSSR count). The molecule has 0 aliphatic heterocycles. The number of ether oxygens (including phenoxy) is 1. The van der Waals surface area contributed by atoms with Crippen LogP contribution >= 0.6 is 0 Å². The third kappa shape index (κ3) is 8.58. The molecule has 21 heavy (non-hydrogen) atoms. The molecule has 0 aliphatic carbocycles. The zero-order valence-corrected chi connectivity index (χ0v) is 14.4. The molecule has 5 nitrogen and oxygen atoms in total. The van der Waals surface area contributed by atoms with Crippen molar-refractivity contribution in [3.05, 3.63) is 0 Å². The zero-order chi connectivity index (χ0) is 16.4. The molecule has 5 heteroatoms. The minimum absolute atomic E-state index is 0.0412. The summed E-state index contributed by atoms with van der Waals surface area (Å²) < 4.78 is 4.75. The van der Waals surface area contributed by atoms with Gasteiger partial charge in [0.15, 0.2) is 0 Å². The lowest BCUT2D eigenvalue weighted by Crippen LogP contribution is -2.51. The maximum atomic E-state index is 12.0. The Morgan fingerprint density at radius 2 is 1.67 bits per heavy atom. The van der Waals surface area contributed by atoms with E-state index in [1.54, 1.807) is 0 Å². The van der Waals surface area contributed by atoms with Crippen LogP contribution in [0.15, 0.2) is 0 Å². The van der Waals surface area contributed by atoms with Gasteiger partial charge in [0.05, 0.1) is 7.11 Å². The van der Waals surface area contributed by atoms with E-state index in [0.29, 0.717) is 5.92 Å². The lowest BCUT2D eigenvalue weighted by molar-refractivity contribution is -0.144. The quantitative estimate of drug-likeness (QED) is 0.643. The summed E-state index contributed by atoms with van der Waals surface area (Å²) in [5.41, 5.74) is 0. The van der Waals surface area contributed by atoms with Gasteiger partial charge in [-0.15, -0.1) is 0 Å². The van der Waals surface area contributed by atoms with Crippen molar-refractivity contribution in [2.45, 2.75) is 72.4 Å². The van der Waals surface area contributed by atoms with Gasteiger partial charge in [-0.05, 0) is 25.2 Å². The molecule has 0 aliphatic rings. The highest BCUT2D eigenvalue weighted by atomic mass is 16.5. The van der Waals surface area contributed by atoms with E-state index in [4.69, 9.17) is 4.74 Å². The van der Waals surface area contributed by atoms with Gasteiger partial charge in [-0.25, -0.2) is 9.59 Å². The summed E-state index contributed by atoms with van der Waals surface area (Å²) in [6.07, 6.45) is 3.98. The van der Waals surface area contributed by atoms with Crippen LogP contribution in [0, 0.1) is 11.8 Å². The minimum atomic E-state index is -0.595. The van der Waals surface area contributed by atoms with E-state index in [2.05, 4.69) is 24.5 Å². The van der Waals surface area contributed by atoms with Crippen LogP contribution in [0.25, 0.3) is 0 Å². The topological polar surface area (TPSA) is 67.4 Å². The molecule has 0 bridgehead atoms. The number of carbonyl (C=O) groups is 2. The van der Waals surface area contributed by atoms with Crippen molar-refractivity contribution in [2.75, 3.05) is 7.11 Å². The fourth-order valence-electron chi connectivity index (χ4n) is 2.11. The monoisotopic (exact) mass is 300 g/mol. The Labute approximate surface area is 129 Å². The van der Waals surface area contributed by atoms with E-state index in [9.17, 15) is 9.59 Å². The summed E-state index contributed by atoms with van der Waals surface area (Å²) in [5, 5.41) is 5.61. The Balaban J connectivity index is 4.27. The number of methoxy groups -OCH3 is 1. The van der Waals surface area contributed by atoms with Crippen molar-refractivity contribution >= 4 is 12.0 Å². The molecular formula is C16H32N2O3. The van der Waals surface area contributed by atoms with E-state index in [0.717, 1.165) is 25.7 Å². The molecule has 2 unspecified atom stereocenters. The molecule has 3 atom stereocenters. The van der Waals surface area contributed by atoms with Gasteiger partial charge in [0.1, 0.15) is 6.04 Å². The highest BCUT2D eigenvalue weighted by molar-refractivity contribution is 5.83. The van der Waals surface area contributed by atoms with Crippen LogP contribution in [0.3, 0.4) is 0 Å². The number of carbonyl (C=O) groups excluding carboxylic acids is 2. The molecule has 0 aromatic carbocycles. The van der Waals surface area contributed by atoms with Gasteiger partial charge in [0, 0.05) is 6.04 Å².